The lowest BCUT2D eigenvalue weighted by atomic mass is 10.3. The van der Waals surface area contributed by atoms with Crippen LogP contribution in [-0.4, -0.2) is 32.4 Å². The van der Waals surface area contributed by atoms with E-state index >= 15 is 0 Å². The summed E-state index contributed by atoms with van der Waals surface area (Å²) in [5.74, 6) is 1.47. The molecular formula is C19H16BrN3O2S. The second-order valence-corrected chi connectivity index (χ2v) is 7.46. The van der Waals surface area contributed by atoms with Crippen LogP contribution in [0.5, 0.6) is 5.75 Å². The third kappa shape index (κ3) is 3.65. The molecule has 2 heterocycles. The molecule has 0 amide bonds. The summed E-state index contributed by atoms with van der Waals surface area (Å²) in [7, 11) is 0. The highest BCUT2D eigenvalue weighted by Gasteiger charge is 2.17. The average molecular weight is 430 g/mol. The van der Waals surface area contributed by atoms with E-state index in [9.17, 15) is 5.11 Å². The number of ether oxygens (including phenoxy) is 1. The van der Waals surface area contributed by atoms with Gasteiger partial charge in [-0.25, -0.2) is 9.97 Å². The van der Waals surface area contributed by atoms with E-state index in [-0.39, 0.29) is 6.61 Å². The van der Waals surface area contributed by atoms with Crippen LogP contribution in [0.25, 0.3) is 22.6 Å². The molecule has 0 unspecified atom stereocenters. The zero-order valence-electron chi connectivity index (χ0n) is 13.7. The molecule has 0 saturated carbocycles. The van der Waals surface area contributed by atoms with Crippen molar-refractivity contribution in [3.8, 4) is 17.3 Å². The Morgan fingerprint density at radius 3 is 2.88 bits per heavy atom. The van der Waals surface area contributed by atoms with E-state index < -0.39 is 6.10 Å². The fourth-order valence-electron chi connectivity index (χ4n) is 2.79. The monoisotopic (exact) mass is 429 g/mol. The topological polar surface area (TPSA) is 60.2 Å². The molecule has 1 N–H and O–H groups in total. The number of hydrogen-bond donors (Lipinski definition) is 1. The molecule has 0 saturated heterocycles. The van der Waals surface area contributed by atoms with Crippen molar-refractivity contribution in [2.75, 3.05) is 6.61 Å². The van der Waals surface area contributed by atoms with Gasteiger partial charge in [0.05, 0.1) is 23.1 Å². The van der Waals surface area contributed by atoms with Crippen molar-refractivity contribution >= 4 is 38.3 Å². The molecule has 5 nitrogen and oxygen atoms in total. The number of thiazole rings is 1. The third-order valence-electron chi connectivity index (χ3n) is 3.95. The number of para-hydroxylation sites is 2. The molecule has 4 aromatic rings. The maximum atomic E-state index is 10.5. The summed E-state index contributed by atoms with van der Waals surface area (Å²) in [6, 6.07) is 15.5. The summed E-state index contributed by atoms with van der Waals surface area (Å²) in [4.78, 5) is 9.06. The first kappa shape index (κ1) is 17.2. The van der Waals surface area contributed by atoms with Crippen LogP contribution in [0, 0.1) is 0 Å². The molecular weight excluding hydrogens is 414 g/mol. The molecule has 0 aliphatic rings. The average Bonchev–Trinajstić information content (AvgIpc) is 3.28. The number of fused-ring (bicyclic) bond motifs is 1. The van der Waals surface area contributed by atoms with Crippen molar-refractivity contribution in [1.29, 1.82) is 0 Å². The molecule has 7 heteroatoms. The lowest BCUT2D eigenvalue weighted by Crippen LogP contribution is -2.24. The molecule has 0 spiro atoms. The predicted octanol–water partition coefficient (Wildman–Crippen LogP) is 4.36. The van der Waals surface area contributed by atoms with Gasteiger partial charge in [0, 0.05) is 9.85 Å². The van der Waals surface area contributed by atoms with E-state index in [0.29, 0.717) is 12.3 Å². The summed E-state index contributed by atoms with van der Waals surface area (Å²) in [6.45, 7) is 0.570. The number of halogens is 1. The SMILES string of the molecule is O[C@@H](COc1cccc(Br)c1)Cn1c(-c2cscn2)nc2ccccc21. The maximum Gasteiger partial charge on any atom is 0.160 e. The molecule has 26 heavy (non-hydrogen) atoms. The van der Waals surface area contributed by atoms with E-state index in [1.54, 1.807) is 5.51 Å². The second kappa shape index (κ2) is 7.57. The number of rotatable bonds is 6. The fraction of sp³-hybridized carbons (Fsp3) is 0.158. The highest BCUT2D eigenvalue weighted by atomic mass is 79.9. The normalized spacial score (nSPS) is 12.4. The van der Waals surface area contributed by atoms with Crippen LogP contribution in [0.3, 0.4) is 0 Å². The summed E-state index contributed by atoms with van der Waals surface area (Å²) in [6.07, 6.45) is -0.677. The highest BCUT2D eigenvalue weighted by Crippen LogP contribution is 2.25. The fourth-order valence-corrected chi connectivity index (χ4v) is 3.70. The minimum atomic E-state index is -0.677. The molecule has 2 aromatic carbocycles. The smallest absolute Gasteiger partial charge is 0.160 e. The van der Waals surface area contributed by atoms with Gasteiger partial charge in [-0.2, -0.15) is 0 Å². The summed E-state index contributed by atoms with van der Waals surface area (Å²) in [5.41, 5.74) is 4.45. The molecule has 1 atom stereocenters. The van der Waals surface area contributed by atoms with Crippen LogP contribution >= 0.6 is 27.3 Å². The zero-order chi connectivity index (χ0) is 17.9. The van der Waals surface area contributed by atoms with Crippen LogP contribution in [0.2, 0.25) is 0 Å². The number of aliphatic hydroxyl groups excluding tert-OH is 1. The number of nitrogens with zero attached hydrogens (tertiary/aromatic N) is 3. The molecule has 132 valence electrons. The van der Waals surface area contributed by atoms with Crippen LogP contribution in [0.4, 0.5) is 0 Å². The minimum Gasteiger partial charge on any atom is -0.491 e. The predicted molar refractivity (Wildman–Crippen MR) is 106 cm³/mol. The van der Waals surface area contributed by atoms with Crippen molar-refractivity contribution in [3.63, 3.8) is 0 Å². The Labute approximate surface area is 163 Å². The number of imidazole rings is 1. The highest BCUT2D eigenvalue weighted by molar-refractivity contribution is 9.10. The Morgan fingerprint density at radius 2 is 2.08 bits per heavy atom. The first-order valence-corrected chi connectivity index (χ1v) is 9.84. The Kier molecular flexibility index (Phi) is 5.01. The van der Waals surface area contributed by atoms with E-state index in [0.717, 1.165) is 27.0 Å². The lowest BCUT2D eigenvalue weighted by molar-refractivity contribution is 0.0937. The molecule has 0 aliphatic heterocycles. The van der Waals surface area contributed by atoms with Gasteiger partial charge in [0.2, 0.25) is 0 Å². The van der Waals surface area contributed by atoms with Crippen molar-refractivity contribution in [2.24, 2.45) is 0 Å². The van der Waals surface area contributed by atoms with Crippen molar-refractivity contribution in [1.82, 2.24) is 14.5 Å². The standard InChI is InChI=1S/C19H16BrN3O2S/c20-13-4-3-5-15(8-13)25-10-14(24)9-23-18-7-2-1-6-16(18)22-19(23)17-11-26-12-21-17/h1-8,11-12,14,24H,9-10H2/t14-/m1/s1. The van der Waals surface area contributed by atoms with Crippen molar-refractivity contribution < 1.29 is 9.84 Å². The Hall–Kier alpha value is -2.22. The third-order valence-corrected chi connectivity index (χ3v) is 5.03. The van der Waals surface area contributed by atoms with Gasteiger partial charge in [-0.3, -0.25) is 0 Å². The first-order valence-electron chi connectivity index (χ1n) is 8.11. The number of benzene rings is 2. The lowest BCUT2D eigenvalue weighted by Gasteiger charge is -2.15. The van der Waals surface area contributed by atoms with E-state index in [4.69, 9.17) is 4.74 Å². The van der Waals surface area contributed by atoms with Gasteiger partial charge in [-0.05, 0) is 30.3 Å². The Morgan fingerprint density at radius 1 is 1.19 bits per heavy atom. The van der Waals surface area contributed by atoms with Crippen LogP contribution in [0.15, 0.2) is 63.9 Å². The molecule has 0 fully saturated rings. The molecule has 4 rings (SSSR count). The number of aromatic nitrogens is 3. The molecule has 0 bridgehead atoms. The second-order valence-electron chi connectivity index (χ2n) is 5.83. The van der Waals surface area contributed by atoms with Crippen molar-refractivity contribution in [2.45, 2.75) is 12.6 Å². The van der Waals surface area contributed by atoms with Gasteiger partial charge in [0.25, 0.3) is 0 Å². The Bertz CT molecular complexity index is 1020. The number of hydrogen-bond acceptors (Lipinski definition) is 5. The van der Waals surface area contributed by atoms with Crippen LogP contribution < -0.4 is 4.74 Å². The van der Waals surface area contributed by atoms with Crippen LogP contribution in [0.1, 0.15) is 0 Å². The summed E-state index contributed by atoms with van der Waals surface area (Å²) < 4.78 is 8.65. The summed E-state index contributed by atoms with van der Waals surface area (Å²) >= 11 is 4.94. The molecule has 0 radical (unpaired) electrons. The first-order chi connectivity index (χ1) is 12.7. The Balaban J connectivity index is 1.57. The van der Waals surface area contributed by atoms with Gasteiger partial charge in [-0.1, -0.05) is 34.1 Å². The molecule has 0 aliphatic carbocycles. The maximum absolute atomic E-state index is 10.5. The zero-order valence-corrected chi connectivity index (χ0v) is 16.2. The van der Waals surface area contributed by atoms with Gasteiger partial charge in [-0.15, -0.1) is 11.3 Å². The van der Waals surface area contributed by atoms with Gasteiger partial charge >= 0.3 is 0 Å². The van der Waals surface area contributed by atoms with Crippen LogP contribution in [-0.2, 0) is 6.54 Å². The van der Waals surface area contributed by atoms with E-state index in [1.165, 1.54) is 11.3 Å². The number of aliphatic hydroxyl groups is 1. The van der Waals surface area contributed by atoms with Crippen molar-refractivity contribution in [3.05, 3.63) is 63.9 Å². The van der Waals surface area contributed by atoms with E-state index in [1.807, 2.05) is 58.5 Å². The van der Waals surface area contributed by atoms with Gasteiger partial charge in [0.15, 0.2) is 5.82 Å². The minimum absolute atomic E-state index is 0.194. The molecule has 2 aromatic heterocycles. The quantitative estimate of drug-likeness (QED) is 0.494. The summed E-state index contributed by atoms with van der Waals surface area (Å²) in [5, 5.41) is 12.5. The van der Waals surface area contributed by atoms with Gasteiger partial charge in [0.1, 0.15) is 24.2 Å². The largest absolute Gasteiger partial charge is 0.491 e. The van der Waals surface area contributed by atoms with Gasteiger partial charge < -0.3 is 14.4 Å². The van der Waals surface area contributed by atoms with E-state index in [2.05, 4.69) is 25.9 Å².